The lowest BCUT2D eigenvalue weighted by Gasteiger charge is -2.20. The van der Waals surface area contributed by atoms with Gasteiger partial charge in [-0.25, -0.2) is 8.42 Å². The van der Waals surface area contributed by atoms with E-state index in [1.54, 1.807) is 43.4 Å². The highest BCUT2D eigenvalue weighted by Crippen LogP contribution is 2.28. The van der Waals surface area contributed by atoms with E-state index >= 15 is 0 Å². The molecule has 110 valence electrons. The van der Waals surface area contributed by atoms with Gasteiger partial charge >= 0.3 is 0 Å². The highest BCUT2D eigenvalue weighted by Gasteiger charge is 2.23. The molecule has 21 heavy (non-hydrogen) atoms. The number of hydrogen-bond acceptors (Lipinski definition) is 3. The van der Waals surface area contributed by atoms with Crippen LogP contribution in [-0.2, 0) is 22.9 Å². The van der Waals surface area contributed by atoms with Crippen LogP contribution in [0, 0.1) is 0 Å². The molecule has 0 bridgehead atoms. The summed E-state index contributed by atoms with van der Waals surface area (Å²) >= 11 is 0. The van der Waals surface area contributed by atoms with Gasteiger partial charge < -0.3 is 5.73 Å². The van der Waals surface area contributed by atoms with Crippen molar-refractivity contribution in [2.45, 2.75) is 24.2 Å². The Morgan fingerprint density at radius 2 is 1.81 bits per heavy atom. The Bertz CT molecular complexity index is 785. The third-order valence-corrected chi connectivity index (χ3v) is 5.74. The average molecular weight is 302 g/mol. The predicted molar refractivity (Wildman–Crippen MR) is 84.9 cm³/mol. The lowest BCUT2D eigenvalue weighted by molar-refractivity contribution is 0.594. The van der Waals surface area contributed by atoms with E-state index in [4.69, 9.17) is 5.73 Å². The lowest BCUT2D eigenvalue weighted by atomic mass is 10.1. The molecule has 0 heterocycles. The topological polar surface area (TPSA) is 63.4 Å². The predicted octanol–water partition coefficient (Wildman–Crippen LogP) is 2.58. The second-order valence-electron chi connectivity index (χ2n) is 5.35. The van der Waals surface area contributed by atoms with Gasteiger partial charge in [0, 0.05) is 12.7 Å². The Balaban J connectivity index is 2.00. The zero-order valence-electron chi connectivity index (χ0n) is 11.9. The van der Waals surface area contributed by atoms with Crippen LogP contribution in [0.25, 0.3) is 0 Å². The third-order valence-electron chi connectivity index (χ3n) is 3.96. The fraction of sp³-hybridized carbons (Fsp3) is 0.250. The molecule has 4 nitrogen and oxygen atoms in total. The van der Waals surface area contributed by atoms with Gasteiger partial charge in [-0.05, 0) is 60.7 Å². The summed E-state index contributed by atoms with van der Waals surface area (Å²) in [6, 6.07) is 12.3. The van der Waals surface area contributed by atoms with Gasteiger partial charge in [-0.15, -0.1) is 0 Å². The van der Waals surface area contributed by atoms with E-state index in [1.165, 1.54) is 9.87 Å². The minimum atomic E-state index is -3.55. The number of fused-ring (bicyclic) bond motifs is 1. The highest BCUT2D eigenvalue weighted by atomic mass is 32.2. The van der Waals surface area contributed by atoms with Crippen LogP contribution in [0.15, 0.2) is 47.4 Å². The lowest BCUT2D eigenvalue weighted by Crippen LogP contribution is -2.26. The summed E-state index contributed by atoms with van der Waals surface area (Å²) in [6.45, 7) is 0. The molecule has 0 saturated heterocycles. The van der Waals surface area contributed by atoms with E-state index in [0.29, 0.717) is 16.3 Å². The van der Waals surface area contributed by atoms with Gasteiger partial charge in [0.2, 0.25) is 0 Å². The van der Waals surface area contributed by atoms with E-state index in [9.17, 15) is 8.42 Å². The molecule has 0 amide bonds. The first kappa shape index (κ1) is 13.9. The maximum atomic E-state index is 12.7. The van der Waals surface area contributed by atoms with Gasteiger partial charge in [0.05, 0.1) is 10.6 Å². The Labute approximate surface area is 125 Å². The van der Waals surface area contributed by atoms with Crippen LogP contribution in [-0.4, -0.2) is 15.5 Å². The summed E-state index contributed by atoms with van der Waals surface area (Å²) in [5.41, 5.74) is 9.26. The van der Waals surface area contributed by atoms with Crippen molar-refractivity contribution in [3.63, 3.8) is 0 Å². The zero-order chi connectivity index (χ0) is 15.0. The molecule has 0 spiro atoms. The zero-order valence-corrected chi connectivity index (χ0v) is 12.7. The highest BCUT2D eigenvalue weighted by molar-refractivity contribution is 7.92. The minimum Gasteiger partial charge on any atom is -0.399 e. The van der Waals surface area contributed by atoms with Gasteiger partial charge in [0.15, 0.2) is 0 Å². The van der Waals surface area contributed by atoms with Gasteiger partial charge in [0.25, 0.3) is 10.0 Å². The number of anilines is 2. The van der Waals surface area contributed by atoms with E-state index in [2.05, 4.69) is 0 Å². The molecule has 2 aromatic rings. The summed E-state index contributed by atoms with van der Waals surface area (Å²) in [4.78, 5) is 0.341. The largest absolute Gasteiger partial charge is 0.399 e. The van der Waals surface area contributed by atoms with Crippen molar-refractivity contribution in [1.82, 2.24) is 0 Å². The van der Waals surface area contributed by atoms with Crippen LogP contribution < -0.4 is 10.0 Å². The molecule has 0 saturated carbocycles. The normalized spacial score (nSPS) is 14.0. The quantitative estimate of drug-likeness (QED) is 0.886. The SMILES string of the molecule is CN(c1cccc(N)c1)S(=O)(=O)c1ccc2c(c1)CCC2. The van der Waals surface area contributed by atoms with Crippen LogP contribution in [0.1, 0.15) is 17.5 Å². The van der Waals surface area contributed by atoms with Crippen LogP contribution in [0.5, 0.6) is 0 Å². The minimum absolute atomic E-state index is 0.341. The monoisotopic (exact) mass is 302 g/mol. The van der Waals surface area contributed by atoms with Crippen molar-refractivity contribution in [2.24, 2.45) is 0 Å². The fourth-order valence-corrected chi connectivity index (χ4v) is 3.96. The van der Waals surface area contributed by atoms with Gasteiger partial charge in [0.1, 0.15) is 0 Å². The van der Waals surface area contributed by atoms with Gasteiger partial charge in [-0.1, -0.05) is 12.1 Å². The summed E-state index contributed by atoms with van der Waals surface area (Å²) in [6.07, 6.45) is 3.10. The molecular weight excluding hydrogens is 284 g/mol. The molecule has 0 unspecified atom stereocenters. The third kappa shape index (κ3) is 2.49. The van der Waals surface area contributed by atoms with E-state index < -0.39 is 10.0 Å². The number of sulfonamides is 1. The molecule has 5 heteroatoms. The average Bonchev–Trinajstić information content (AvgIpc) is 2.93. The van der Waals surface area contributed by atoms with Crippen molar-refractivity contribution >= 4 is 21.4 Å². The van der Waals surface area contributed by atoms with Crippen molar-refractivity contribution < 1.29 is 8.42 Å². The smallest absolute Gasteiger partial charge is 0.264 e. The number of rotatable bonds is 3. The molecule has 2 aromatic carbocycles. The van der Waals surface area contributed by atoms with Gasteiger partial charge in [-0.3, -0.25) is 4.31 Å². The van der Waals surface area contributed by atoms with Crippen molar-refractivity contribution in [3.8, 4) is 0 Å². The van der Waals surface area contributed by atoms with Gasteiger partial charge in [-0.2, -0.15) is 0 Å². The van der Waals surface area contributed by atoms with Crippen LogP contribution >= 0.6 is 0 Å². The summed E-state index contributed by atoms with van der Waals surface area (Å²) in [7, 11) is -2.00. The summed E-state index contributed by atoms with van der Waals surface area (Å²) in [5, 5.41) is 0. The molecule has 1 aliphatic rings. The fourth-order valence-electron chi connectivity index (χ4n) is 2.73. The Morgan fingerprint density at radius 1 is 1.05 bits per heavy atom. The molecule has 0 aromatic heterocycles. The van der Waals surface area contributed by atoms with E-state index in [0.717, 1.165) is 24.8 Å². The molecule has 0 radical (unpaired) electrons. The molecule has 0 aliphatic heterocycles. The van der Waals surface area contributed by atoms with E-state index in [1.807, 2.05) is 6.07 Å². The summed E-state index contributed by atoms with van der Waals surface area (Å²) in [5.74, 6) is 0. The molecule has 0 fully saturated rings. The van der Waals surface area contributed by atoms with Crippen LogP contribution in [0.2, 0.25) is 0 Å². The van der Waals surface area contributed by atoms with Crippen LogP contribution in [0.4, 0.5) is 11.4 Å². The number of aryl methyl sites for hydroxylation is 2. The number of nitrogen functional groups attached to an aromatic ring is 1. The Hall–Kier alpha value is -2.01. The second kappa shape index (κ2) is 5.07. The van der Waals surface area contributed by atoms with E-state index in [-0.39, 0.29) is 0 Å². The number of benzene rings is 2. The molecule has 2 N–H and O–H groups in total. The second-order valence-corrected chi connectivity index (χ2v) is 7.32. The van der Waals surface area contributed by atoms with Crippen molar-refractivity contribution in [3.05, 3.63) is 53.6 Å². The van der Waals surface area contributed by atoms with Crippen molar-refractivity contribution in [2.75, 3.05) is 17.1 Å². The molecular formula is C16H18N2O2S. The maximum absolute atomic E-state index is 12.7. The maximum Gasteiger partial charge on any atom is 0.264 e. The number of nitrogens with zero attached hydrogens (tertiary/aromatic N) is 1. The molecule has 1 aliphatic carbocycles. The number of hydrogen-bond donors (Lipinski definition) is 1. The standard InChI is InChI=1S/C16H18N2O2S/c1-18(15-7-3-6-14(17)11-15)21(19,20)16-9-8-12-4-2-5-13(12)10-16/h3,6-11H,2,4-5,17H2,1H3. The first-order valence-corrected chi connectivity index (χ1v) is 8.39. The van der Waals surface area contributed by atoms with Crippen LogP contribution in [0.3, 0.4) is 0 Å². The summed E-state index contributed by atoms with van der Waals surface area (Å²) < 4.78 is 26.7. The Morgan fingerprint density at radius 3 is 2.57 bits per heavy atom. The molecule has 3 rings (SSSR count). The number of nitrogens with two attached hydrogens (primary N) is 1. The Kier molecular flexibility index (Phi) is 3.37. The molecule has 0 atom stereocenters. The first-order valence-electron chi connectivity index (χ1n) is 6.95. The van der Waals surface area contributed by atoms with Crippen molar-refractivity contribution in [1.29, 1.82) is 0 Å². The first-order chi connectivity index (χ1) is 9.98.